The minimum atomic E-state index is -1.15. The molecule has 5 nitrogen and oxygen atoms in total. The first-order valence-corrected chi connectivity index (χ1v) is 4.03. The first-order chi connectivity index (χ1) is 6.54. The largest absolute Gasteiger partial charge is 0.505 e. The van der Waals surface area contributed by atoms with Gasteiger partial charge in [-0.1, -0.05) is 0 Å². The van der Waals surface area contributed by atoms with Crippen molar-refractivity contribution in [3.63, 3.8) is 0 Å². The molecule has 0 aliphatic heterocycles. The van der Waals surface area contributed by atoms with Gasteiger partial charge in [-0.25, -0.2) is 4.79 Å². The highest BCUT2D eigenvalue weighted by molar-refractivity contribution is 5.90. The summed E-state index contributed by atoms with van der Waals surface area (Å²) in [5.41, 5.74) is 0.211. The maximum Gasteiger partial charge on any atom is 0.339 e. The summed E-state index contributed by atoms with van der Waals surface area (Å²) in [7, 11) is 0. The topological polar surface area (TPSA) is 90.7 Å². The van der Waals surface area contributed by atoms with Crippen molar-refractivity contribution >= 4 is 5.97 Å². The van der Waals surface area contributed by atoms with Crippen molar-refractivity contribution in [2.24, 2.45) is 0 Å². The van der Waals surface area contributed by atoms with E-state index in [9.17, 15) is 4.79 Å². The van der Waals surface area contributed by atoms with Crippen LogP contribution in [0.3, 0.4) is 0 Å². The number of nitrogens with zero attached hydrogens (tertiary/aromatic N) is 1. The molecule has 14 heavy (non-hydrogen) atoms. The molecular weight excluding hydrogens is 186 g/mol. The normalized spacial score (nSPS) is 8.79. The molecule has 0 atom stereocenters. The first-order valence-electron chi connectivity index (χ1n) is 4.03. The quantitative estimate of drug-likeness (QED) is 0.622. The average molecular weight is 199 g/mol. The second-order valence-corrected chi connectivity index (χ2v) is 2.41. The van der Waals surface area contributed by atoms with Crippen molar-refractivity contribution in [1.82, 2.24) is 4.98 Å². The number of aromatic nitrogens is 1. The zero-order valence-electron chi connectivity index (χ0n) is 8.06. The number of aliphatic hydroxyl groups excluding tert-OH is 1. The van der Waals surface area contributed by atoms with Crippen molar-refractivity contribution < 1.29 is 20.1 Å². The van der Waals surface area contributed by atoms with Gasteiger partial charge in [0.25, 0.3) is 0 Å². The smallest absolute Gasteiger partial charge is 0.339 e. The number of carbonyl (C=O) groups is 1. The van der Waals surface area contributed by atoms with Crippen LogP contribution in [0.5, 0.6) is 5.75 Å². The maximum atomic E-state index is 10.4. The second kappa shape index (κ2) is 5.93. The van der Waals surface area contributed by atoms with Crippen molar-refractivity contribution in [3.05, 3.63) is 23.5 Å². The maximum absolute atomic E-state index is 10.4. The van der Waals surface area contributed by atoms with Crippen LogP contribution in [0.4, 0.5) is 0 Å². The molecule has 1 rings (SSSR count). The van der Waals surface area contributed by atoms with E-state index in [0.717, 1.165) is 0 Å². The fraction of sp³-hybridized carbons (Fsp3) is 0.333. The average Bonchev–Trinajstić information content (AvgIpc) is 2.10. The molecule has 0 unspecified atom stereocenters. The third-order valence-corrected chi connectivity index (χ3v) is 1.34. The van der Waals surface area contributed by atoms with Gasteiger partial charge in [0, 0.05) is 12.8 Å². The first kappa shape index (κ1) is 12.4. The molecule has 1 heterocycles. The Morgan fingerprint density at radius 3 is 2.43 bits per heavy atom. The number of aromatic hydroxyl groups is 1. The van der Waals surface area contributed by atoms with Gasteiger partial charge < -0.3 is 15.3 Å². The summed E-state index contributed by atoms with van der Waals surface area (Å²) >= 11 is 0. The van der Waals surface area contributed by atoms with Gasteiger partial charge in [-0.15, -0.1) is 0 Å². The van der Waals surface area contributed by atoms with Crippen molar-refractivity contribution in [3.8, 4) is 5.75 Å². The fourth-order valence-corrected chi connectivity index (χ4v) is 0.731. The molecule has 0 saturated heterocycles. The van der Waals surface area contributed by atoms with Crippen LogP contribution < -0.4 is 0 Å². The summed E-state index contributed by atoms with van der Waals surface area (Å²) in [4.78, 5) is 14.1. The molecular formula is C9H13NO4. The summed E-state index contributed by atoms with van der Waals surface area (Å²) in [6.07, 6.45) is 1.35. The zero-order chi connectivity index (χ0) is 11.1. The van der Waals surface area contributed by atoms with Gasteiger partial charge in [-0.3, -0.25) is 4.98 Å². The number of pyridine rings is 1. The van der Waals surface area contributed by atoms with E-state index in [1.807, 2.05) is 0 Å². The number of aliphatic hydroxyl groups is 1. The predicted molar refractivity (Wildman–Crippen MR) is 50.4 cm³/mol. The highest BCUT2D eigenvalue weighted by Crippen LogP contribution is 2.18. The Kier molecular flexibility index (Phi) is 5.24. The Morgan fingerprint density at radius 2 is 2.07 bits per heavy atom. The van der Waals surface area contributed by atoms with Crippen LogP contribution in [0.25, 0.3) is 0 Å². The van der Waals surface area contributed by atoms with Crippen LogP contribution in [-0.4, -0.2) is 32.9 Å². The standard InChI is InChI=1S/C7H7NO3.C2H6O/c1-4-6(9)5(7(10)11)2-3-8-4;1-2-3/h2-3,9H,1H3,(H,10,11);3H,2H2,1H3. The molecule has 0 amide bonds. The molecule has 0 bridgehead atoms. The molecule has 0 aliphatic rings. The number of rotatable bonds is 1. The monoisotopic (exact) mass is 199 g/mol. The van der Waals surface area contributed by atoms with Crippen molar-refractivity contribution in [1.29, 1.82) is 0 Å². The van der Waals surface area contributed by atoms with Gasteiger partial charge in [0.2, 0.25) is 0 Å². The second-order valence-electron chi connectivity index (χ2n) is 2.41. The van der Waals surface area contributed by atoms with Gasteiger partial charge in [-0.05, 0) is 19.9 Å². The molecule has 0 radical (unpaired) electrons. The SMILES string of the molecule is CCO.Cc1nccc(C(=O)O)c1O. The van der Waals surface area contributed by atoms with Crippen LogP contribution in [0.2, 0.25) is 0 Å². The number of carboxylic acid groups (broad SMARTS) is 1. The molecule has 0 fully saturated rings. The Hall–Kier alpha value is -1.62. The van der Waals surface area contributed by atoms with Gasteiger partial charge in [-0.2, -0.15) is 0 Å². The van der Waals surface area contributed by atoms with E-state index >= 15 is 0 Å². The van der Waals surface area contributed by atoms with E-state index in [0.29, 0.717) is 5.69 Å². The van der Waals surface area contributed by atoms with E-state index < -0.39 is 5.97 Å². The summed E-state index contributed by atoms with van der Waals surface area (Å²) in [6.45, 7) is 3.47. The van der Waals surface area contributed by atoms with Crippen LogP contribution in [0.1, 0.15) is 23.0 Å². The highest BCUT2D eigenvalue weighted by atomic mass is 16.4. The number of hydrogen-bond acceptors (Lipinski definition) is 4. The van der Waals surface area contributed by atoms with E-state index in [1.54, 1.807) is 13.8 Å². The molecule has 78 valence electrons. The van der Waals surface area contributed by atoms with Gasteiger partial charge >= 0.3 is 5.97 Å². The van der Waals surface area contributed by atoms with E-state index in [2.05, 4.69) is 4.98 Å². The lowest BCUT2D eigenvalue weighted by Gasteiger charge is -1.99. The minimum Gasteiger partial charge on any atom is -0.505 e. The van der Waals surface area contributed by atoms with Crippen LogP contribution in [-0.2, 0) is 0 Å². The molecule has 0 saturated carbocycles. The highest BCUT2D eigenvalue weighted by Gasteiger charge is 2.10. The fourth-order valence-electron chi connectivity index (χ4n) is 0.731. The summed E-state index contributed by atoms with van der Waals surface area (Å²) in [5, 5.41) is 25.2. The van der Waals surface area contributed by atoms with Crippen LogP contribution in [0.15, 0.2) is 12.3 Å². The third-order valence-electron chi connectivity index (χ3n) is 1.34. The molecule has 3 N–H and O–H groups in total. The van der Waals surface area contributed by atoms with Crippen molar-refractivity contribution in [2.75, 3.05) is 6.61 Å². The number of hydrogen-bond donors (Lipinski definition) is 3. The Labute approximate surface area is 81.7 Å². The zero-order valence-corrected chi connectivity index (χ0v) is 8.06. The van der Waals surface area contributed by atoms with Gasteiger partial charge in [0.15, 0.2) is 5.75 Å². The Morgan fingerprint density at radius 1 is 1.57 bits per heavy atom. The summed E-state index contributed by atoms with van der Waals surface area (Å²) in [6, 6.07) is 1.25. The lowest BCUT2D eigenvalue weighted by atomic mass is 10.2. The lowest BCUT2D eigenvalue weighted by Crippen LogP contribution is -1.98. The predicted octanol–water partition coefficient (Wildman–Crippen LogP) is 0.792. The van der Waals surface area contributed by atoms with Crippen LogP contribution >= 0.6 is 0 Å². The van der Waals surface area contributed by atoms with Crippen molar-refractivity contribution in [2.45, 2.75) is 13.8 Å². The lowest BCUT2D eigenvalue weighted by molar-refractivity contribution is 0.0693. The molecule has 0 aliphatic carbocycles. The number of aromatic carboxylic acids is 1. The molecule has 0 aromatic carbocycles. The number of carboxylic acids is 1. The van der Waals surface area contributed by atoms with Gasteiger partial charge in [0.1, 0.15) is 5.56 Å². The summed E-state index contributed by atoms with van der Waals surface area (Å²) < 4.78 is 0. The molecule has 0 spiro atoms. The third kappa shape index (κ3) is 3.40. The van der Waals surface area contributed by atoms with Gasteiger partial charge in [0.05, 0.1) is 5.69 Å². The molecule has 5 heteroatoms. The molecule has 1 aromatic heterocycles. The van der Waals surface area contributed by atoms with E-state index in [-0.39, 0.29) is 17.9 Å². The van der Waals surface area contributed by atoms with E-state index in [4.69, 9.17) is 15.3 Å². The van der Waals surface area contributed by atoms with E-state index in [1.165, 1.54) is 12.3 Å². The number of aryl methyl sites for hydroxylation is 1. The Bertz CT molecular complexity index is 312. The Balaban J connectivity index is 0.000000500. The van der Waals surface area contributed by atoms with Crippen LogP contribution in [0, 0.1) is 6.92 Å². The minimum absolute atomic E-state index is 0.113. The molecule has 1 aromatic rings. The summed E-state index contributed by atoms with van der Waals surface area (Å²) in [5.74, 6) is -1.41.